The second kappa shape index (κ2) is 5.56. The van der Waals surface area contributed by atoms with E-state index in [1.807, 2.05) is 48.5 Å². The second-order valence-electron chi connectivity index (χ2n) is 5.25. The first-order valence-electron chi connectivity index (χ1n) is 7.14. The van der Waals surface area contributed by atoms with Crippen molar-refractivity contribution < 1.29 is 9.52 Å². The SMILES string of the molecule is Oc1cc2c(cc1/N=C/c1cccc(Br)c1)oc1ccccc12. The summed E-state index contributed by atoms with van der Waals surface area (Å²) in [5.41, 5.74) is 2.94. The van der Waals surface area contributed by atoms with E-state index in [4.69, 9.17) is 4.42 Å². The summed E-state index contributed by atoms with van der Waals surface area (Å²) in [6, 6.07) is 19.0. The predicted octanol–water partition coefficient (Wildman–Crippen LogP) is 5.80. The molecule has 0 radical (unpaired) electrons. The van der Waals surface area contributed by atoms with Gasteiger partial charge in [-0.25, -0.2) is 0 Å². The van der Waals surface area contributed by atoms with Crippen molar-refractivity contribution in [2.45, 2.75) is 0 Å². The minimum Gasteiger partial charge on any atom is -0.506 e. The zero-order valence-electron chi connectivity index (χ0n) is 12.0. The fourth-order valence-electron chi connectivity index (χ4n) is 2.58. The Morgan fingerprint density at radius 1 is 0.913 bits per heavy atom. The number of aliphatic imine (C=N–C) groups is 1. The maximum atomic E-state index is 10.3. The number of phenols is 1. The van der Waals surface area contributed by atoms with E-state index in [1.54, 1.807) is 18.3 Å². The number of furan rings is 1. The smallest absolute Gasteiger partial charge is 0.142 e. The van der Waals surface area contributed by atoms with Crippen LogP contribution in [0.5, 0.6) is 5.75 Å². The molecule has 4 heteroatoms. The van der Waals surface area contributed by atoms with Crippen molar-refractivity contribution in [3.8, 4) is 5.75 Å². The number of rotatable bonds is 2. The van der Waals surface area contributed by atoms with Gasteiger partial charge in [0.2, 0.25) is 0 Å². The molecule has 1 N–H and O–H groups in total. The van der Waals surface area contributed by atoms with Crippen molar-refractivity contribution in [3.05, 3.63) is 70.7 Å². The summed E-state index contributed by atoms with van der Waals surface area (Å²) >= 11 is 3.43. The topological polar surface area (TPSA) is 45.7 Å². The number of halogens is 1. The van der Waals surface area contributed by atoms with E-state index in [9.17, 15) is 5.11 Å². The average molecular weight is 366 g/mol. The quantitative estimate of drug-likeness (QED) is 0.456. The van der Waals surface area contributed by atoms with Crippen molar-refractivity contribution >= 4 is 49.8 Å². The Morgan fingerprint density at radius 3 is 2.65 bits per heavy atom. The summed E-state index contributed by atoms with van der Waals surface area (Å²) in [5.74, 6) is 0.135. The van der Waals surface area contributed by atoms with E-state index >= 15 is 0 Å². The van der Waals surface area contributed by atoms with Crippen LogP contribution in [0.4, 0.5) is 5.69 Å². The number of aromatic hydroxyl groups is 1. The van der Waals surface area contributed by atoms with Crippen molar-refractivity contribution in [2.24, 2.45) is 4.99 Å². The molecule has 112 valence electrons. The highest BCUT2D eigenvalue weighted by molar-refractivity contribution is 9.10. The van der Waals surface area contributed by atoms with Crippen LogP contribution in [0.15, 0.2) is 74.5 Å². The third-order valence-corrected chi connectivity index (χ3v) is 4.17. The Balaban J connectivity index is 1.81. The zero-order valence-corrected chi connectivity index (χ0v) is 13.6. The molecule has 0 spiro atoms. The minimum atomic E-state index is 0.135. The largest absolute Gasteiger partial charge is 0.506 e. The first-order chi connectivity index (χ1) is 11.2. The molecule has 3 aromatic carbocycles. The lowest BCUT2D eigenvalue weighted by Gasteiger charge is -1.99. The molecular formula is C19H12BrNO2. The number of hydrogen-bond donors (Lipinski definition) is 1. The number of benzene rings is 3. The molecule has 23 heavy (non-hydrogen) atoms. The van der Waals surface area contributed by atoms with Crippen molar-refractivity contribution in [3.63, 3.8) is 0 Å². The maximum absolute atomic E-state index is 10.3. The predicted molar refractivity (Wildman–Crippen MR) is 96.8 cm³/mol. The molecule has 4 rings (SSSR count). The molecule has 0 saturated carbocycles. The second-order valence-corrected chi connectivity index (χ2v) is 6.16. The van der Waals surface area contributed by atoms with Gasteiger partial charge in [0.1, 0.15) is 22.6 Å². The Kier molecular flexibility index (Phi) is 3.39. The number of phenolic OH excluding ortho intramolecular Hbond substituents is 1. The van der Waals surface area contributed by atoms with E-state index in [0.29, 0.717) is 11.3 Å². The average Bonchev–Trinajstić information content (AvgIpc) is 2.90. The lowest BCUT2D eigenvalue weighted by Crippen LogP contribution is -1.80. The van der Waals surface area contributed by atoms with E-state index in [-0.39, 0.29) is 5.75 Å². The lowest BCUT2D eigenvalue weighted by molar-refractivity contribution is 0.477. The number of nitrogens with zero attached hydrogens (tertiary/aromatic N) is 1. The third-order valence-electron chi connectivity index (χ3n) is 3.68. The zero-order chi connectivity index (χ0) is 15.8. The van der Waals surface area contributed by atoms with Gasteiger partial charge in [-0.05, 0) is 29.8 Å². The van der Waals surface area contributed by atoms with Crippen LogP contribution >= 0.6 is 15.9 Å². The van der Waals surface area contributed by atoms with Gasteiger partial charge in [-0.1, -0.05) is 46.3 Å². The molecular weight excluding hydrogens is 354 g/mol. The van der Waals surface area contributed by atoms with Crippen LogP contribution in [-0.4, -0.2) is 11.3 Å². The van der Waals surface area contributed by atoms with Crippen LogP contribution in [0, 0.1) is 0 Å². The summed E-state index contributed by atoms with van der Waals surface area (Å²) in [6.45, 7) is 0. The highest BCUT2D eigenvalue weighted by atomic mass is 79.9. The summed E-state index contributed by atoms with van der Waals surface area (Å²) in [6.07, 6.45) is 1.72. The van der Waals surface area contributed by atoms with Gasteiger partial charge >= 0.3 is 0 Å². The molecule has 0 aliphatic rings. The van der Waals surface area contributed by atoms with E-state index < -0.39 is 0 Å². The monoisotopic (exact) mass is 365 g/mol. The van der Waals surface area contributed by atoms with E-state index in [2.05, 4.69) is 20.9 Å². The molecule has 0 saturated heterocycles. The molecule has 0 unspecified atom stereocenters. The van der Waals surface area contributed by atoms with Gasteiger partial charge in [0.05, 0.1) is 0 Å². The maximum Gasteiger partial charge on any atom is 0.142 e. The summed E-state index contributed by atoms with van der Waals surface area (Å²) in [7, 11) is 0. The highest BCUT2D eigenvalue weighted by Gasteiger charge is 2.10. The van der Waals surface area contributed by atoms with Gasteiger partial charge < -0.3 is 9.52 Å². The van der Waals surface area contributed by atoms with Gasteiger partial charge in [0.15, 0.2) is 0 Å². The third kappa shape index (κ3) is 2.62. The minimum absolute atomic E-state index is 0.135. The van der Waals surface area contributed by atoms with Gasteiger partial charge in [0.25, 0.3) is 0 Å². The van der Waals surface area contributed by atoms with Crippen LogP contribution in [0.3, 0.4) is 0 Å². The van der Waals surface area contributed by atoms with Crippen molar-refractivity contribution in [1.29, 1.82) is 0 Å². The van der Waals surface area contributed by atoms with Crippen LogP contribution in [0.2, 0.25) is 0 Å². The fraction of sp³-hybridized carbons (Fsp3) is 0. The summed E-state index contributed by atoms with van der Waals surface area (Å²) in [4.78, 5) is 4.38. The number of hydrogen-bond acceptors (Lipinski definition) is 3. The van der Waals surface area contributed by atoms with E-state index in [0.717, 1.165) is 26.4 Å². The molecule has 0 atom stereocenters. The molecule has 1 aromatic heterocycles. The standard InChI is InChI=1S/C19H12BrNO2/c20-13-5-3-4-12(8-13)11-21-16-10-19-15(9-17(16)22)14-6-1-2-7-18(14)23-19/h1-11,22H/b21-11+. The number of para-hydroxylation sites is 1. The Labute approximate surface area is 141 Å². The van der Waals surface area contributed by atoms with Crippen molar-refractivity contribution in [1.82, 2.24) is 0 Å². The molecule has 4 aromatic rings. The molecule has 1 heterocycles. The molecule has 0 aliphatic heterocycles. The van der Waals surface area contributed by atoms with Gasteiger partial charge in [0, 0.05) is 27.5 Å². The Hall–Kier alpha value is -2.59. The summed E-state index contributed by atoms with van der Waals surface area (Å²) in [5, 5.41) is 12.1. The van der Waals surface area contributed by atoms with Gasteiger partial charge in [-0.2, -0.15) is 0 Å². The Bertz CT molecular complexity index is 1050. The number of fused-ring (bicyclic) bond motifs is 3. The molecule has 0 fully saturated rings. The van der Waals surface area contributed by atoms with Gasteiger partial charge in [-0.15, -0.1) is 0 Å². The molecule has 0 bridgehead atoms. The van der Waals surface area contributed by atoms with Crippen molar-refractivity contribution in [2.75, 3.05) is 0 Å². The first-order valence-corrected chi connectivity index (χ1v) is 7.94. The summed E-state index contributed by atoms with van der Waals surface area (Å²) < 4.78 is 6.81. The fourth-order valence-corrected chi connectivity index (χ4v) is 3.00. The van der Waals surface area contributed by atoms with E-state index in [1.165, 1.54) is 0 Å². The van der Waals surface area contributed by atoms with Gasteiger partial charge in [-0.3, -0.25) is 4.99 Å². The molecule has 0 aliphatic carbocycles. The lowest BCUT2D eigenvalue weighted by atomic mass is 10.1. The van der Waals surface area contributed by atoms with Crippen LogP contribution < -0.4 is 0 Å². The van der Waals surface area contributed by atoms with Crippen LogP contribution in [0.1, 0.15) is 5.56 Å². The highest BCUT2D eigenvalue weighted by Crippen LogP contribution is 2.37. The Morgan fingerprint density at radius 2 is 1.78 bits per heavy atom. The molecule has 0 amide bonds. The van der Waals surface area contributed by atoms with Crippen LogP contribution in [0.25, 0.3) is 21.9 Å². The first kappa shape index (κ1) is 14.0. The normalized spacial score (nSPS) is 11.7. The van der Waals surface area contributed by atoms with Crippen LogP contribution in [-0.2, 0) is 0 Å². The molecule has 3 nitrogen and oxygen atoms in total.